The van der Waals surface area contributed by atoms with Gasteiger partial charge in [0.15, 0.2) is 0 Å². The van der Waals surface area contributed by atoms with Crippen LogP contribution in [0.3, 0.4) is 0 Å². The highest BCUT2D eigenvalue weighted by atomic mass is 79.9. The van der Waals surface area contributed by atoms with E-state index in [2.05, 4.69) is 26.6 Å². The van der Waals surface area contributed by atoms with Gasteiger partial charge in [0.1, 0.15) is 0 Å². The summed E-state index contributed by atoms with van der Waals surface area (Å²) in [5.74, 6) is -0.0321. The summed E-state index contributed by atoms with van der Waals surface area (Å²) < 4.78 is 6.34. The molecule has 1 aromatic rings. The normalized spacial score (nSPS) is 10.8. The zero-order valence-electron chi connectivity index (χ0n) is 12.1. The van der Waals surface area contributed by atoms with Crippen LogP contribution in [-0.2, 0) is 9.53 Å². The Morgan fingerprint density at radius 3 is 2.75 bits per heavy atom. The van der Waals surface area contributed by atoms with Gasteiger partial charge in [0.2, 0.25) is 5.91 Å². The van der Waals surface area contributed by atoms with E-state index >= 15 is 0 Å². The molecule has 2 N–H and O–H groups in total. The van der Waals surface area contributed by atoms with Crippen LogP contribution in [-0.4, -0.2) is 31.7 Å². The molecule has 1 rings (SSSR count). The van der Waals surface area contributed by atoms with Gasteiger partial charge in [-0.3, -0.25) is 4.79 Å². The molecule has 0 aliphatic heterocycles. The quantitative estimate of drug-likeness (QED) is 0.677. The Labute approximate surface area is 129 Å². The standard InChI is InChI=1S/C15H23BrN2O2/c1-12(2)20-10-6-5-9-17-11-15(19)18-14-8-4-3-7-13(14)16/h3-4,7-8,12,17H,5-6,9-11H2,1-2H3,(H,18,19). The first-order chi connectivity index (χ1) is 9.59. The topological polar surface area (TPSA) is 50.4 Å². The predicted molar refractivity (Wildman–Crippen MR) is 86.0 cm³/mol. The molecule has 0 aromatic heterocycles. The number of para-hydroxylation sites is 1. The lowest BCUT2D eigenvalue weighted by atomic mass is 10.3. The fourth-order valence-corrected chi connectivity index (χ4v) is 2.01. The fraction of sp³-hybridized carbons (Fsp3) is 0.533. The van der Waals surface area contributed by atoms with Gasteiger partial charge in [-0.25, -0.2) is 0 Å². The third-order valence-electron chi connectivity index (χ3n) is 2.63. The van der Waals surface area contributed by atoms with Crippen molar-refractivity contribution in [2.45, 2.75) is 32.8 Å². The third-order valence-corrected chi connectivity index (χ3v) is 3.32. The minimum atomic E-state index is -0.0321. The number of benzene rings is 1. The molecule has 0 saturated carbocycles. The lowest BCUT2D eigenvalue weighted by molar-refractivity contribution is -0.115. The first-order valence-electron chi connectivity index (χ1n) is 6.96. The number of anilines is 1. The molecule has 0 bridgehead atoms. The maximum atomic E-state index is 11.7. The van der Waals surface area contributed by atoms with Gasteiger partial charge in [-0.1, -0.05) is 12.1 Å². The maximum Gasteiger partial charge on any atom is 0.238 e. The van der Waals surface area contributed by atoms with Crippen LogP contribution in [0.2, 0.25) is 0 Å². The smallest absolute Gasteiger partial charge is 0.238 e. The third kappa shape index (κ3) is 7.62. The molecular weight excluding hydrogens is 320 g/mol. The molecule has 0 atom stereocenters. The highest BCUT2D eigenvalue weighted by Crippen LogP contribution is 2.20. The SMILES string of the molecule is CC(C)OCCCCNCC(=O)Nc1ccccc1Br. The van der Waals surface area contributed by atoms with Crippen molar-refractivity contribution < 1.29 is 9.53 Å². The summed E-state index contributed by atoms with van der Waals surface area (Å²) in [5.41, 5.74) is 0.796. The number of hydrogen-bond donors (Lipinski definition) is 2. The number of hydrogen-bond acceptors (Lipinski definition) is 3. The van der Waals surface area contributed by atoms with Crippen molar-refractivity contribution in [3.63, 3.8) is 0 Å². The fourth-order valence-electron chi connectivity index (χ4n) is 1.63. The van der Waals surface area contributed by atoms with E-state index in [1.165, 1.54) is 0 Å². The Bertz CT molecular complexity index is 411. The van der Waals surface area contributed by atoms with Crippen molar-refractivity contribution in [2.75, 3.05) is 25.0 Å². The molecule has 0 spiro atoms. The second-order valence-corrected chi connectivity index (χ2v) is 5.69. The van der Waals surface area contributed by atoms with E-state index in [1.54, 1.807) is 0 Å². The van der Waals surface area contributed by atoms with Gasteiger partial charge in [-0.15, -0.1) is 0 Å². The number of carbonyl (C=O) groups is 1. The Morgan fingerprint density at radius 2 is 2.05 bits per heavy atom. The molecule has 1 amide bonds. The minimum Gasteiger partial charge on any atom is -0.379 e. The van der Waals surface area contributed by atoms with Crippen molar-refractivity contribution in [1.29, 1.82) is 0 Å². The number of ether oxygens (including phenoxy) is 1. The molecule has 20 heavy (non-hydrogen) atoms. The number of halogens is 1. The zero-order chi connectivity index (χ0) is 14.8. The molecule has 0 radical (unpaired) electrons. The van der Waals surface area contributed by atoms with Gasteiger partial charge < -0.3 is 15.4 Å². The van der Waals surface area contributed by atoms with Crippen LogP contribution in [0.15, 0.2) is 28.7 Å². The Kier molecular flexibility index (Phi) is 8.49. The lowest BCUT2D eigenvalue weighted by Crippen LogP contribution is -2.29. The first-order valence-corrected chi connectivity index (χ1v) is 7.75. The molecule has 112 valence electrons. The van der Waals surface area contributed by atoms with E-state index < -0.39 is 0 Å². The second-order valence-electron chi connectivity index (χ2n) is 4.83. The van der Waals surface area contributed by atoms with E-state index in [-0.39, 0.29) is 12.0 Å². The van der Waals surface area contributed by atoms with Crippen LogP contribution >= 0.6 is 15.9 Å². The molecule has 0 aliphatic carbocycles. The van der Waals surface area contributed by atoms with Crippen molar-refractivity contribution >= 4 is 27.5 Å². The average molecular weight is 343 g/mol. The molecule has 1 aromatic carbocycles. The molecule has 0 saturated heterocycles. The molecule has 0 heterocycles. The van der Waals surface area contributed by atoms with E-state index in [1.807, 2.05) is 38.1 Å². The van der Waals surface area contributed by atoms with E-state index in [0.29, 0.717) is 6.54 Å². The van der Waals surface area contributed by atoms with Crippen LogP contribution in [0.25, 0.3) is 0 Å². The Balaban J connectivity index is 2.08. The number of amides is 1. The summed E-state index contributed by atoms with van der Waals surface area (Å²) in [4.78, 5) is 11.7. The monoisotopic (exact) mass is 342 g/mol. The summed E-state index contributed by atoms with van der Waals surface area (Å²) in [7, 11) is 0. The second kappa shape index (κ2) is 9.91. The first kappa shape index (κ1) is 17.1. The minimum absolute atomic E-state index is 0.0321. The van der Waals surface area contributed by atoms with E-state index in [9.17, 15) is 4.79 Å². The van der Waals surface area contributed by atoms with Gasteiger partial charge in [-0.2, -0.15) is 0 Å². The highest BCUT2D eigenvalue weighted by molar-refractivity contribution is 9.10. The van der Waals surface area contributed by atoms with Gasteiger partial charge in [0.25, 0.3) is 0 Å². The molecule has 0 unspecified atom stereocenters. The molecule has 0 aliphatic rings. The molecule has 4 nitrogen and oxygen atoms in total. The van der Waals surface area contributed by atoms with Crippen molar-refractivity contribution in [1.82, 2.24) is 5.32 Å². The number of nitrogens with one attached hydrogen (secondary N) is 2. The Morgan fingerprint density at radius 1 is 1.30 bits per heavy atom. The van der Waals surface area contributed by atoms with Crippen LogP contribution in [0.1, 0.15) is 26.7 Å². The van der Waals surface area contributed by atoms with Crippen LogP contribution in [0, 0.1) is 0 Å². The lowest BCUT2D eigenvalue weighted by Gasteiger charge is -2.09. The summed E-state index contributed by atoms with van der Waals surface area (Å²) in [5, 5.41) is 5.98. The summed E-state index contributed by atoms with van der Waals surface area (Å²) in [6, 6.07) is 7.57. The van der Waals surface area contributed by atoms with E-state index in [0.717, 1.165) is 36.2 Å². The van der Waals surface area contributed by atoms with Crippen molar-refractivity contribution in [2.24, 2.45) is 0 Å². The van der Waals surface area contributed by atoms with Gasteiger partial charge in [-0.05, 0) is 61.3 Å². The van der Waals surface area contributed by atoms with Gasteiger partial charge in [0, 0.05) is 11.1 Å². The summed E-state index contributed by atoms with van der Waals surface area (Å²) >= 11 is 3.40. The predicted octanol–water partition coefficient (Wildman–Crippen LogP) is 3.18. The van der Waals surface area contributed by atoms with Crippen LogP contribution in [0.4, 0.5) is 5.69 Å². The zero-order valence-corrected chi connectivity index (χ0v) is 13.7. The number of carbonyl (C=O) groups excluding carboxylic acids is 1. The van der Waals surface area contributed by atoms with Crippen LogP contribution < -0.4 is 10.6 Å². The average Bonchev–Trinajstić information content (AvgIpc) is 2.40. The molecule has 5 heteroatoms. The summed E-state index contributed by atoms with van der Waals surface area (Å²) in [6.07, 6.45) is 2.31. The van der Waals surface area contributed by atoms with Crippen molar-refractivity contribution in [3.05, 3.63) is 28.7 Å². The van der Waals surface area contributed by atoms with E-state index in [4.69, 9.17) is 4.74 Å². The highest BCUT2D eigenvalue weighted by Gasteiger charge is 2.04. The maximum absolute atomic E-state index is 11.7. The molecule has 0 fully saturated rings. The molecular formula is C15H23BrN2O2. The van der Waals surface area contributed by atoms with Crippen molar-refractivity contribution in [3.8, 4) is 0 Å². The largest absolute Gasteiger partial charge is 0.379 e. The number of unbranched alkanes of at least 4 members (excludes halogenated alkanes) is 1. The number of rotatable bonds is 9. The van der Waals surface area contributed by atoms with Gasteiger partial charge >= 0.3 is 0 Å². The van der Waals surface area contributed by atoms with Gasteiger partial charge in [0.05, 0.1) is 18.3 Å². The van der Waals surface area contributed by atoms with Crippen LogP contribution in [0.5, 0.6) is 0 Å². The Hall–Kier alpha value is -0.910. The summed E-state index contributed by atoms with van der Waals surface area (Å²) in [6.45, 7) is 5.99.